The van der Waals surface area contributed by atoms with E-state index in [9.17, 15) is 19.2 Å². The Morgan fingerprint density at radius 1 is 1.10 bits per heavy atom. The molecule has 49 heavy (non-hydrogen) atoms. The molecule has 2 aromatic rings. The van der Waals surface area contributed by atoms with Crippen LogP contribution in [0.4, 0.5) is 9.18 Å². The van der Waals surface area contributed by atoms with Crippen LogP contribution >= 0.6 is 0 Å². The molecule has 11 nitrogen and oxygen atoms in total. The lowest BCUT2D eigenvalue weighted by Crippen LogP contribution is -2.59. The number of imidazole rings is 1. The number of unbranched alkanes of at least 4 members (excludes halogenated alkanes) is 1. The van der Waals surface area contributed by atoms with Gasteiger partial charge in [-0.3, -0.25) is 9.78 Å². The van der Waals surface area contributed by atoms with E-state index in [2.05, 4.69) is 9.97 Å². The second-order valence-corrected chi connectivity index (χ2v) is 15.0. The van der Waals surface area contributed by atoms with Gasteiger partial charge in [0.2, 0.25) is 5.67 Å². The van der Waals surface area contributed by atoms with Crippen molar-refractivity contribution in [1.82, 2.24) is 19.4 Å². The van der Waals surface area contributed by atoms with E-state index in [1.54, 1.807) is 65.2 Å². The number of rotatable bonds is 9. The third-order valence-corrected chi connectivity index (χ3v) is 11.3. The minimum atomic E-state index is -2.54. The molecule has 0 unspecified atom stereocenters. The number of pyridine rings is 1. The zero-order valence-electron chi connectivity index (χ0n) is 30.4. The average molecular weight is 685 g/mol. The standard InChI is InChI=1S/C37H53FN4O7/c1-10-29-37(8)31(42(33(46)49-37)17-12-11-16-41-20-28(40-23-41)27-14-13-15-39-19-27)25(3)30(44)24(2)18-36(7,47-9)26(4)34(5,22-43)21-35(6,38)32(45)48-29/h13-15,19-20,22-26,29,31H,10-12,16-18,21H2,1-9H3/t24-,25+,26-,29-,31-,34-,35+,36-,37-/m1/s1. The zero-order valence-corrected chi connectivity index (χ0v) is 30.4. The Hall–Kier alpha value is -3.67. The SMILES string of the molecule is CC[C@H]1OC(=O)[C@@](C)(F)C[C@](C)(C=O)[C@@H](C)[C@](C)(OC)C[C@@H](C)C(=O)[C@H](C)[C@H]2N(CCCCn3cnc(-c4cccnc4)c3)C(=O)O[C@]12C. The molecule has 0 aliphatic carbocycles. The molecule has 2 aliphatic heterocycles. The number of carbonyl (C=O) groups is 4. The summed E-state index contributed by atoms with van der Waals surface area (Å²) in [5, 5.41) is 0. The molecular weight excluding hydrogens is 631 g/mol. The van der Waals surface area contributed by atoms with Gasteiger partial charge in [-0.15, -0.1) is 0 Å². The lowest BCUT2D eigenvalue weighted by Gasteiger charge is -2.46. The number of fused-ring (bicyclic) bond motifs is 1. The quantitative estimate of drug-likeness (QED) is 0.171. The third-order valence-electron chi connectivity index (χ3n) is 11.3. The number of carbonyl (C=O) groups excluding carboxylic acids is 4. The monoisotopic (exact) mass is 684 g/mol. The Kier molecular flexibility index (Phi) is 11.4. The fourth-order valence-electron chi connectivity index (χ4n) is 8.09. The Morgan fingerprint density at radius 2 is 1.80 bits per heavy atom. The summed E-state index contributed by atoms with van der Waals surface area (Å²) in [5.41, 5.74) is -4.61. The van der Waals surface area contributed by atoms with Crippen LogP contribution in [0, 0.1) is 23.2 Å². The van der Waals surface area contributed by atoms with Crippen LogP contribution in [0.5, 0.6) is 0 Å². The van der Waals surface area contributed by atoms with Gasteiger partial charge in [-0.1, -0.05) is 34.6 Å². The van der Waals surface area contributed by atoms with Crippen LogP contribution in [0.2, 0.25) is 0 Å². The van der Waals surface area contributed by atoms with E-state index in [0.29, 0.717) is 32.2 Å². The van der Waals surface area contributed by atoms with Crippen LogP contribution in [0.1, 0.15) is 87.5 Å². The van der Waals surface area contributed by atoms with E-state index < -0.39 is 70.7 Å². The Labute approximate surface area is 289 Å². The molecular formula is C37H53FN4O7. The number of alkyl halides is 1. The predicted molar refractivity (Wildman–Crippen MR) is 181 cm³/mol. The molecule has 12 heteroatoms. The van der Waals surface area contributed by atoms with Gasteiger partial charge in [0.25, 0.3) is 0 Å². The molecule has 0 radical (unpaired) electrons. The molecule has 0 saturated carbocycles. The van der Waals surface area contributed by atoms with E-state index in [1.165, 1.54) is 7.11 Å². The van der Waals surface area contributed by atoms with Crippen molar-refractivity contribution in [3.63, 3.8) is 0 Å². The van der Waals surface area contributed by atoms with E-state index in [4.69, 9.17) is 14.2 Å². The lowest BCUT2D eigenvalue weighted by molar-refractivity contribution is -0.182. The van der Waals surface area contributed by atoms with E-state index in [1.807, 2.05) is 29.8 Å². The lowest BCUT2D eigenvalue weighted by atomic mass is 9.63. The Balaban J connectivity index is 1.63. The maximum atomic E-state index is 16.4. The minimum absolute atomic E-state index is 0.113. The topological polar surface area (TPSA) is 130 Å². The van der Waals surface area contributed by atoms with Crippen molar-refractivity contribution in [3.05, 3.63) is 37.1 Å². The molecule has 270 valence electrons. The van der Waals surface area contributed by atoms with Crippen molar-refractivity contribution in [2.75, 3.05) is 13.7 Å². The van der Waals surface area contributed by atoms with E-state index in [0.717, 1.165) is 18.2 Å². The molecule has 1 amide bonds. The third kappa shape index (κ3) is 7.59. The molecule has 0 bridgehead atoms. The normalized spacial score (nSPS) is 36.1. The highest BCUT2D eigenvalue weighted by atomic mass is 19.1. The fourth-order valence-corrected chi connectivity index (χ4v) is 8.09. The molecule has 2 aromatic heterocycles. The molecule has 2 aliphatic rings. The molecule has 2 saturated heterocycles. The number of Topliss-reactive ketones (excluding diaryl/α,β-unsaturated/α-hetero) is 1. The van der Waals surface area contributed by atoms with Gasteiger partial charge in [-0.2, -0.15) is 0 Å². The van der Waals surface area contributed by atoms with E-state index >= 15 is 4.39 Å². The molecule has 0 N–H and O–H groups in total. The highest BCUT2D eigenvalue weighted by Gasteiger charge is 2.61. The molecule has 0 spiro atoms. The number of nitrogens with zero attached hydrogens (tertiary/aromatic N) is 4. The first-order chi connectivity index (χ1) is 23.0. The highest BCUT2D eigenvalue weighted by molar-refractivity contribution is 5.85. The number of methoxy groups -OCH3 is 1. The fraction of sp³-hybridized carbons (Fsp3) is 0.676. The zero-order chi connectivity index (χ0) is 36.4. The van der Waals surface area contributed by atoms with Crippen LogP contribution < -0.4 is 0 Å². The van der Waals surface area contributed by atoms with Crippen LogP contribution in [-0.2, 0) is 35.1 Å². The van der Waals surface area contributed by atoms with Gasteiger partial charge < -0.3 is 28.5 Å². The Morgan fingerprint density at radius 3 is 2.41 bits per heavy atom. The van der Waals surface area contributed by atoms with Gasteiger partial charge >= 0.3 is 12.1 Å². The van der Waals surface area contributed by atoms with Gasteiger partial charge in [-0.05, 0) is 64.5 Å². The number of aldehydes is 1. The predicted octanol–water partition coefficient (Wildman–Crippen LogP) is 6.24. The first-order valence-corrected chi connectivity index (χ1v) is 17.3. The largest absolute Gasteiger partial charge is 0.456 e. The number of esters is 1. The van der Waals surface area contributed by atoms with Crippen molar-refractivity contribution in [2.24, 2.45) is 23.2 Å². The molecule has 0 aromatic carbocycles. The molecule has 9 atom stereocenters. The number of aromatic nitrogens is 3. The number of hydrogen-bond donors (Lipinski definition) is 0. The minimum Gasteiger partial charge on any atom is -0.456 e. The molecule has 4 rings (SSSR count). The summed E-state index contributed by atoms with van der Waals surface area (Å²) in [5.74, 6) is -3.11. The summed E-state index contributed by atoms with van der Waals surface area (Å²) in [4.78, 5) is 64.3. The van der Waals surface area contributed by atoms with Crippen LogP contribution in [-0.4, -0.2) is 86.2 Å². The Bertz CT molecular complexity index is 1500. The summed E-state index contributed by atoms with van der Waals surface area (Å²) >= 11 is 0. The van der Waals surface area contributed by atoms with Crippen molar-refractivity contribution in [2.45, 2.75) is 123 Å². The van der Waals surface area contributed by atoms with Crippen molar-refractivity contribution in [1.29, 1.82) is 0 Å². The van der Waals surface area contributed by atoms with Gasteiger partial charge in [0.15, 0.2) is 5.60 Å². The molecule has 2 fully saturated rings. The number of amides is 1. The first-order valence-electron chi connectivity index (χ1n) is 17.3. The summed E-state index contributed by atoms with van der Waals surface area (Å²) in [6.45, 7) is 14.3. The average Bonchev–Trinajstić information content (AvgIpc) is 3.65. The van der Waals surface area contributed by atoms with Crippen molar-refractivity contribution >= 4 is 24.1 Å². The highest BCUT2D eigenvalue weighted by Crippen LogP contribution is 2.47. The van der Waals surface area contributed by atoms with Crippen LogP contribution in [0.25, 0.3) is 11.3 Å². The van der Waals surface area contributed by atoms with Gasteiger partial charge in [0.05, 0.1) is 23.7 Å². The number of ether oxygens (including phenoxy) is 3. The maximum Gasteiger partial charge on any atom is 0.410 e. The number of cyclic esters (lactones) is 1. The summed E-state index contributed by atoms with van der Waals surface area (Å²) in [7, 11) is 1.51. The van der Waals surface area contributed by atoms with Gasteiger partial charge in [0, 0.05) is 68.0 Å². The number of aryl methyl sites for hydroxylation is 1. The summed E-state index contributed by atoms with van der Waals surface area (Å²) in [6.07, 6.45) is 7.46. The van der Waals surface area contributed by atoms with Crippen molar-refractivity contribution in [3.8, 4) is 11.3 Å². The molecule has 4 heterocycles. The number of ketones is 1. The van der Waals surface area contributed by atoms with Crippen LogP contribution in [0.3, 0.4) is 0 Å². The van der Waals surface area contributed by atoms with Crippen LogP contribution in [0.15, 0.2) is 37.1 Å². The van der Waals surface area contributed by atoms with E-state index in [-0.39, 0.29) is 18.6 Å². The summed E-state index contributed by atoms with van der Waals surface area (Å²) in [6, 6.07) is 3.01. The second-order valence-electron chi connectivity index (χ2n) is 15.0. The van der Waals surface area contributed by atoms with Gasteiger partial charge in [0.1, 0.15) is 18.2 Å². The van der Waals surface area contributed by atoms with Crippen molar-refractivity contribution < 1.29 is 37.8 Å². The number of halogens is 1. The second kappa shape index (κ2) is 14.7. The van der Waals surface area contributed by atoms with Gasteiger partial charge in [-0.25, -0.2) is 19.0 Å². The number of hydrogen-bond acceptors (Lipinski definition) is 9. The maximum absolute atomic E-state index is 16.4. The smallest absolute Gasteiger partial charge is 0.410 e. The summed E-state index contributed by atoms with van der Waals surface area (Å²) < 4.78 is 36.2. The first kappa shape index (κ1) is 38.1.